The number of nitrogens with zero attached hydrogens (tertiary/aromatic N) is 3. The summed E-state index contributed by atoms with van der Waals surface area (Å²) in [7, 11) is 2.08. The standard InChI is InChI=1S/C22H21BrF2N4OS/c1-29-10-8-22(9-11-29)27-20(14-2-4-15(23)5-3-14)21(28-22)31-13-19(30)26-18-7-6-16(24)12-17(18)25/h2-7,12H,8-11,13H2,1H3,(H,26,30). The third kappa shape index (κ3) is 5.22. The molecule has 2 aliphatic rings. The van der Waals surface area contributed by atoms with Gasteiger partial charge in [0.2, 0.25) is 5.91 Å². The second kappa shape index (κ2) is 9.18. The molecule has 0 aliphatic carbocycles. The number of carbonyl (C=O) groups excluding carboxylic acids is 1. The van der Waals surface area contributed by atoms with Crippen LogP contribution in [0.15, 0.2) is 56.9 Å². The van der Waals surface area contributed by atoms with E-state index in [0.29, 0.717) is 5.04 Å². The summed E-state index contributed by atoms with van der Waals surface area (Å²) in [6, 6.07) is 10.9. The van der Waals surface area contributed by atoms with Crippen LogP contribution < -0.4 is 5.32 Å². The van der Waals surface area contributed by atoms with Crippen molar-refractivity contribution >= 4 is 50.0 Å². The van der Waals surface area contributed by atoms with E-state index in [1.54, 1.807) is 0 Å². The average molecular weight is 507 g/mol. The Balaban J connectivity index is 1.51. The minimum atomic E-state index is -0.807. The lowest BCUT2D eigenvalue weighted by Crippen LogP contribution is -2.39. The van der Waals surface area contributed by atoms with Crippen molar-refractivity contribution in [2.75, 3.05) is 31.2 Å². The van der Waals surface area contributed by atoms with Crippen LogP contribution >= 0.6 is 27.7 Å². The molecule has 1 spiro atoms. The maximum absolute atomic E-state index is 13.8. The number of thioether (sulfide) groups is 1. The molecule has 1 saturated heterocycles. The van der Waals surface area contributed by atoms with Crippen LogP contribution in [0.1, 0.15) is 18.4 Å². The van der Waals surface area contributed by atoms with E-state index in [-0.39, 0.29) is 11.4 Å². The van der Waals surface area contributed by atoms with Crippen molar-refractivity contribution in [1.29, 1.82) is 0 Å². The van der Waals surface area contributed by atoms with E-state index in [2.05, 4.69) is 33.2 Å². The summed E-state index contributed by atoms with van der Waals surface area (Å²) in [5.74, 6) is -1.85. The fraction of sp³-hybridized carbons (Fsp3) is 0.318. The van der Waals surface area contributed by atoms with Crippen LogP contribution in [0.2, 0.25) is 0 Å². The van der Waals surface area contributed by atoms with Gasteiger partial charge in [-0.15, -0.1) is 0 Å². The molecule has 162 valence electrons. The van der Waals surface area contributed by atoms with E-state index < -0.39 is 23.2 Å². The van der Waals surface area contributed by atoms with Crippen LogP contribution in [0.4, 0.5) is 14.5 Å². The highest BCUT2D eigenvalue weighted by Crippen LogP contribution is 2.35. The largest absolute Gasteiger partial charge is 0.323 e. The van der Waals surface area contributed by atoms with Crippen LogP contribution in [-0.2, 0) is 4.79 Å². The fourth-order valence-corrected chi connectivity index (χ4v) is 4.67. The first-order valence-corrected chi connectivity index (χ1v) is 11.6. The second-order valence-corrected chi connectivity index (χ2v) is 9.51. The van der Waals surface area contributed by atoms with Crippen molar-refractivity contribution in [3.05, 3.63) is 64.1 Å². The van der Waals surface area contributed by atoms with Crippen LogP contribution in [0, 0.1) is 11.6 Å². The van der Waals surface area contributed by atoms with Gasteiger partial charge in [0.1, 0.15) is 16.7 Å². The van der Waals surface area contributed by atoms with Gasteiger partial charge in [0.25, 0.3) is 0 Å². The quantitative estimate of drug-likeness (QED) is 0.652. The van der Waals surface area contributed by atoms with Gasteiger partial charge in [-0.1, -0.05) is 39.8 Å². The van der Waals surface area contributed by atoms with Crippen LogP contribution in [0.5, 0.6) is 0 Å². The van der Waals surface area contributed by atoms with E-state index in [1.165, 1.54) is 17.8 Å². The number of aliphatic imine (C=N–C) groups is 2. The Labute approximate surface area is 192 Å². The molecule has 31 heavy (non-hydrogen) atoms. The summed E-state index contributed by atoms with van der Waals surface area (Å²) < 4.78 is 27.9. The van der Waals surface area contributed by atoms with Gasteiger partial charge in [-0.05, 0) is 31.3 Å². The van der Waals surface area contributed by atoms with Gasteiger partial charge in [0.05, 0.1) is 17.2 Å². The maximum atomic E-state index is 13.8. The summed E-state index contributed by atoms with van der Waals surface area (Å²) >= 11 is 4.73. The van der Waals surface area contributed by atoms with Crippen molar-refractivity contribution < 1.29 is 13.6 Å². The number of amides is 1. The van der Waals surface area contributed by atoms with Crippen molar-refractivity contribution in [2.45, 2.75) is 18.5 Å². The first-order chi connectivity index (χ1) is 14.8. The normalized spacial score (nSPS) is 18.1. The van der Waals surface area contributed by atoms with Gasteiger partial charge in [-0.3, -0.25) is 9.79 Å². The van der Waals surface area contributed by atoms with Crippen LogP contribution in [0.25, 0.3) is 0 Å². The molecule has 1 amide bonds. The molecule has 0 saturated carbocycles. The third-order valence-corrected chi connectivity index (χ3v) is 6.78. The molecule has 0 radical (unpaired) electrons. The molecular formula is C22H21BrF2N4OS. The topological polar surface area (TPSA) is 57.1 Å². The molecular weight excluding hydrogens is 486 g/mol. The first kappa shape index (κ1) is 22.1. The molecule has 1 N–H and O–H groups in total. The van der Waals surface area contributed by atoms with E-state index >= 15 is 0 Å². The van der Waals surface area contributed by atoms with Gasteiger partial charge in [0, 0.05) is 42.0 Å². The summed E-state index contributed by atoms with van der Waals surface area (Å²) in [5.41, 5.74) is 1.18. The predicted octanol–water partition coefficient (Wildman–Crippen LogP) is 4.72. The van der Waals surface area contributed by atoms with Crippen LogP contribution in [-0.4, -0.2) is 53.1 Å². The zero-order valence-corrected chi connectivity index (χ0v) is 19.3. The molecule has 2 aromatic carbocycles. The zero-order chi connectivity index (χ0) is 22.0. The van der Waals surface area contributed by atoms with Gasteiger partial charge in [-0.25, -0.2) is 13.8 Å². The molecule has 0 bridgehead atoms. The Kier molecular flexibility index (Phi) is 6.55. The molecule has 9 heteroatoms. The highest BCUT2D eigenvalue weighted by Gasteiger charge is 2.39. The number of benzene rings is 2. The number of halogens is 3. The number of hydrogen-bond donors (Lipinski definition) is 1. The summed E-state index contributed by atoms with van der Waals surface area (Å²) in [6.45, 7) is 1.81. The van der Waals surface area contributed by atoms with E-state index in [9.17, 15) is 13.6 Å². The average Bonchev–Trinajstić information content (AvgIpc) is 3.10. The van der Waals surface area contributed by atoms with E-state index in [0.717, 1.165) is 53.8 Å². The summed E-state index contributed by atoms with van der Waals surface area (Å²) in [4.78, 5) is 24.6. The zero-order valence-electron chi connectivity index (χ0n) is 16.9. The number of nitrogens with one attached hydrogen (secondary N) is 1. The monoisotopic (exact) mass is 506 g/mol. The Hall–Kier alpha value is -2.10. The van der Waals surface area contributed by atoms with Crippen LogP contribution in [0.3, 0.4) is 0 Å². The number of carbonyl (C=O) groups is 1. The first-order valence-electron chi connectivity index (χ1n) is 9.86. The summed E-state index contributed by atoms with van der Waals surface area (Å²) in [6.07, 6.45) is 1.64. The molecule has 2 aromatic rings. The number of piperidine rings is 1. The maximum Gasteiger partial charge on any atom is 0.234 e. The number of hydrogen-bond acceptors (Lipinski definition) is 5. The highest BCUT2D eigenvalue weighted by atomic mass is 79.9. The number of likely N-dealkylation sites (tertiary alicyclic amines) is 1. The molecule has 0 unspecified atom stereocenters. The Morgan fingerprint density at radius 2 is 1.87 bits per heavy atom. The highest BCUT2D eigenvalue weighted by molar-refractivity contribution is 9.10. The SMILES string of the molecule is CN1CCC2(CC1)N=C(SCC(=O)Nc1ccc(F)cc1F)C(c1ccc(Br)cc1)=N2. The number of anilines is 1. The van der Waals surface area contributed by atoms with Crippen molar-refractivity contribution in [3.8, 4) is 0 Å². The predicted molar refractivity (Wildman–Crippen MR) is 125 cm³/mol. The molecule has 5 nitrogen and oxygen atoms in total. The molecule has 2 heterocycles. The molecule has 0 atom stereocenters. The second-order valence-electron chi connectivity index (χ2n) is 7.63. The van der Waals surface area contributed by atoms with Crippen molar-refractivity contribution in [3.63, 3.8) is 0 Å². The fourth-order valence-electron chi connectivity index (χ4n) is 3.53. The van der Waals surface area contributed by atoms with E-state index in [4.69, 9.17) is 9.98 Å². The third-order valence-electron chi connectivity index (χ3n) is 5.28. The van der Waals surface area contributed by atoms with E-state index in [1.807, 2.05) is 24.3 Å². The van der Waals surface area contributed by atoms with Gasteiger partial charge in [-0.2, -0.15) is 0 Å². The van der Waals surface area contributed by atoms with Crippen molar-refractivity contribution in [1.82, 2.24) is 4.90 Å². The van der Waals surface area contributed by atoms with Gasteiger partial charge < -0.3 is 10.2 Å². The Morgan fingerprint density at radius 3 is 2.55 bits per heavy atom. The molecule has 2 aliphatic heterocycles. The molecule has 0 aromatic heterocycles. The molecule has 1 fully saturated rings. The minimum absolute atomic E-state index is 0.0428. The van der Waals surface area contributed by atoms with Crippen molar-refractivity contribution in [2.24, 2.45) is 9.98 Å². The lowest BCUT2D eigenvalue weighted by molar-refractivity contribution is -0.113. The Bertz CT molecular complexity index is 1050. The summed E-state index contributed by atoms with van der Waals surface area (Å²) in [5, 5.41) is 3.20. The molecule has 4 rings (SSSR count). The smallest absolute Gasteiger partial charge is 0.234 e. The van der Waals surface area contributed by atoms with Gasteiger partial charge >= 0.3 is 0 Å². The minimum Gasteiger partial charge on any atom is -0.323 e. The lowest BCUT2D eigenvalue weighted by atomic mass is 9.99. The lowest BCUT2D eigenvalue weighted by Gasteiger charge is -2.33. The Morgan fingerprint density at radius 1 is 1.16 bits per heavy atom. The van der Waals surface area contributed by atoms with Gasteiger partial charge in [0.15, 0.2) is 5.66 Å². The number of rotatable bonds is 4.